The van der Waals surface area contributed by atoms with Crippen molar-refractivity contribution in [3.63, 3.8) is 0 Å². The average molecular weight is 379 g/mol. The van der Waals surface area contributed by atoms with E-state index in [1.807, 2.05) is 37.3 Å². The highest BCUT2D eigenvalue weighted by Crippen LogP contribution is 2.06. The van der Waals surface area contributed by atoms with Crippen molar-refractivity contribution >= 4 is 12.4 Å². The quantitative estimate of drug-likeness (QED) is 0.367. The second-order valence-electron chi connectivity index (χ2n) is 5.99. The maximum absolute atomic E-state index is 11.5. The Morgan fingerprint density at radius 3 is 2.56 bits per heavy atom. The highest BCUT2D eigenvalue weighted by molar-refractivity contribution is 5.81. The van der Waals surface area contributed by atoms with Crippen molar-refractivity contribution in [3.8, 4) is 12.0 Å². The number of hydrogen-bond donors (Lipinski definition) is 4. The van der Waals surface area contributed by atoms with E-state index in [0.29, 0.717) is 0 Å². The van der Waals surface area contributed by atoms with E-state index in [9.17, 15) is 9.59 Å². The van der Waals surface area contributed by atoms with E-state index >= 15 is 0 Å². The summed E-state index contributed by atoms with van der Waals surface area (Å²) >= 11 is 0. The predicted octanol–water partition coefficient (Wildman–Crippen LogP) is -0.644. The van der Waals surface area contributed by atoms with E-state index < -0.39 is 24.4 Å². The Hall–Kier alpha value is -2.60. The lowest BCUT2D eigenvalue weighted by molar-refractivity contribution is -0.144. The summed E-state index contributed by atoms with van der Waals surface area (Å²) in [5.74, 6) is 1.94. The smallest absolute Gasteiger partial charge is 0.293 e. The van der Waals surface area contributed by atoms with Crippen molar-refractivity contribution in [1.29, 1.82) is 0 Å². The minimum Gasteiger partial charge on any atom is -0.455 e. The lowest BCUT2D eigenvalue weighted by atomic mass is 10.1. The lowest BCUT2D eigenvalue weighted by Crippen LogP contribution is -2.42. The number of aliphatic hydroxyl groups excluding tert-OH is 3. The Labute approximate surface area is 158 Å². The molecule has 1 aliphatic rings. The van der Waals surface area contributed by atoms with Crippen LogP contribution in [0.1, 0.15) is 19.4 Å². The number of rotatable bonds is 7. The molecule has 5 atom stereocenters. The third kappa shape index (κ3) is 8.09. The van der Waals surface area contributed by atoms with Crippen LogP contribution in [-0.4, -0.2) is 64.8 Å². The molecular weight excluding hydrogens is 354 g/mol. The topological polar surface area (TPSA) is 125 Å². The molecule has 0 bridgehead atoms. The Balaban J connectivity index is 0.000000309. The SMILES string of the molecule is C[C@@H](Cc1ccccc1)NC(=O)[C@@H](C)OC=O.OC[C@@H]1OC#CC(O)C1O. The van der Waals surface area contributed by atoms with Gasteiger partial charge in [0.25, 0.3) is 12.4 Å². The summed E-state index contributed by atoms with van der Waals surface area (Å²) in [5, 5.41) is 29.2. The first kappa shape index (κ1) is 22.4. The summed E-state index contributed by atoms with van der Waals surface area (Å²) in [4.78, 5) is 21.6. The van der Waals surface area contributed by atoms with Crippen LogP contribution >= 0.6 is 0 Å². The fourth-order valence-electron chi connectivity index (χ4n) is 2.20. The molecule has 0 spiro atoms. The van der Waals surface area contributed by atoms with Crippen LogP contribution in [0.3, 0.4) is 0 Å². The molecule has 1 aromatic rings. The van der Waals surface area contributed by atoms with Crippen molar-refractivity contribution < 1.29 is 34.4 Å². The number of ether oxygens (including phenoxy) is 2. The molecule has 0 aromatic heterocycles. The standard InChI is InChI=1S/C13H17NO3.C6H8O4/c1-10(8-12-6-4-3-5-7-12)14-13(16)11(2)17-9-15;7-3-5-6(9)4(8)1-2-10-5/h3-7,9-11H,8H2,1-2H3,(H,14,16);4-9H,3H2/t10-,11+;4?,5-,6?/m00/s1. The molecular formula is C19H25NO7. The molecule has 8 nitrogen and oxygen atoms in total. The van der Waals surface area contributed by atoms with Gasteiger partial charge in [0.1, 0.15) is 18.3 Å². The van der Waals surface area contributed by atoms with Gasteiger partial charge < -0.3 is 30.1 Å². The molecule has 2 unspecified atom stereocenters. The highest BCUT2D eigenvalue weighted by Gasteiger charge is 2.28. The minimum atomic E-state index is -1.11. The van der Waals surface area contributed by atoms with Crippen LogP contribution in [0.25, 0.3) is 0 Å². The molecule has 0 saturated carbocycles. The molecule has 1 heterocycles. The normalized spacial score (nSPS) is 22.5. The van der Waals surface area contributed by atoms with E-state index in [2.05, 4.69) is 26.8 Å². The van der Waals surface area contributed by atoms with E-state index in [-0.39, 0.29) is 25.0 Å². The van der Waals surface area contributed by atoms with Crippen LogP contribution in [-0.2, 0) is 25.5 Å². The van der Waals surface area contributed by atoms with Gasteiger partial charge in [-0.2, -0.15) is 0 Å². The molecule has 4 N–H and O–H groups in total. The molecule has 27 heavy (non-hydrogen) atoms. The molecule has 0 saturated heterocycles. The fraction of sp³-hybridized carbons (Fsp3) is 0.474. The average Bonchev–Trinajstić information content (AvgIpc) is 2.65. The van der Waals surface area contributed by atoms with Crippen LogP contribution in [0.5, 0.6) is 0 Å². The van der Waals surface area contributed by atoms with Gasteiger partial charge in [-0.15, -0.1) is 0 Å². The number of amides is 1. The van der Waals surface area contributed by atoms with Gasteiger partial charge in [0, 0.05) is 6.04 Å². The fourth-order valence-corrected chi connectivity index (χ4v) is 2.20. The zero-order valence-corrected chi connectivity index (χ0v) is 15.2. The van der Waals surface area contributed by atoms with Crippen LogP contribution in [0, 0.1) is 12.0 Å². The third-order valence-electron chi connectivity index (χ3n) is 3.70. The zero-order valence-electron chi connectivity index (χ0n) is 15.2. The second kappa shape index (κ2) is 11.9. The molecule has 0 aliphatic carbocycles. The summed E-state index contributed by atoms with van der Waals surface area (Å²) in [6.07, 6.45) is -0.841. The molecule has 1 aliphatic heterocycles. The Morgan fingerprint density at radius 1 is 1.33 bits per heavy atom. The summed E-state index contributed by atoms with van der Waals surface area (Å²) in [6.45, 7) is 3.40. The first-order valence-electron chi connectivity index (χ1n) is 8.45. The predicted molar refractivity (Wildman–Crippen MR) is 96.1 cm³/mol. The van der Waals surface area contributed by atoms with Crippen LogP contribution < -0.4 is 5.32 Å². The van der Waals surface area contributed by atoms with Crippen molar-refractivity contribution in [1.82, 2.24) is 5.32 Å². The van der Waals surface area contributed by atoms with E-state index in [0.717, 1.165) is 12.0 Å². The van der Waals surface area contributed by atoms with E-state index in [4.69, 9.17) is 15.3 Å². The Morgan fingerprint density at radius 2 is 2.00 bits per heavy atom. The molecule has 1 amide bonds. The van der Waals surface area contributed by atoms with Crippen LogP contribution in [0.4, 0.5) is 0 Å². The summed E-state index contributed by atoms with van der Waals surface area (Å²) in [5.41, 5.74) is 1.16. The number of carbonyl (C=O) groups excluding carboxylic acids is 2. The maximum atomic E-state index is 11.5. The first-order valence-corrected chi connectivity index (χ1v) is 8.45. The lowest BCUT2D eigenvalue weighted by Gasteiger charge is -2.23. The second-order valence-corrected chi connectivity index (χ2v) is 5.99. The summed E-state index contributed by atoms with van der Waals surface area (Å²) < 4.78 is 9.15. The number of hydrogen-bond acceptors (Lipinski definition) is 7. The number of carbonyl (C=O) groups is 2. The Bertz CT molecular complexity index is 640. The molecule has 1 aromatic carbocycles. The number of aliphatic hydroxyl groups is 3. The maximum Gasteiger partial charge on any atom is 0.293 e. The minimum absolute atomic E-state index is 0.00241. The van der Waals surface area contributed by atoms with Gasteiger partial charge in [-0.1, -0.05) is 30.3 Å². The molecule has 0 radical (unpaired) electrons. The molecule has 2 rings (SSSR count). The van der Waals surface area contributed by atoms with Crippen LogP contribution in [0.2, 0.25) is 0 Å². The largest absolute Gasteiger partial charge is 0.455 e. The van der Waals surface area contributed by atoms with E-state index in [1.165, 1.54) is 0 Å². The van der Waals surface area contributed by atoms with E-state index in [1.54, 1.807) is 6.92 Å². The number of benzene rings is 1. The summed E-state index contributed by atoms with van der Waals surface area (Å²) in [6, 6.07) is 9.89. The Kier molecular flexibility index (Phi) is 9.90. The first-order chi connectivity index (χ1) is 12.9. The van der Waals surface area contributed by atoms with Crippen molar-refractivity contribution in [2.24, 2.45) is 0 Å². The van der Waals surface area contributed by atoms with Gasteiger partial charge in [-0.3, -0.25) is 9.59 Å². The van der Waals surface area contributed by atoms with Gasteiger partial charge >= 0.3 is 0 Å². The monoisotopic (exact) mass is 379 g/mol. The van der Waals surface area contributed by atoms with Gasteiger partial charge in [0.15, 0.2) is 12.2 Å². The van der Waals surface area contributed by atoms with Crippen molar-refractivity contribution in [2.75, 3.05) is 6.61 Å². The molecule has 8 heteroatoms. The van der Waals surface area contributed by atoms with Gasteiger partial charge in [-0.05, 0) is 31.8 Å². The van der Waals surface area contributed by atoms with Crippen molar-refractivity contribution in [3.05, 3.63) is 35.9 Å². The van der Waals surface area contributed by atoms with Crippen LogP contribution in [0.15, 0.2) is 30.3 Å². The molecule has 0 fully saturated rings. The highest BCUT2D eigenvalue weighted by atomic mass is 16.5. The summed E-state index contributed by atoms with van der Waals surface area (Å²) in [7, 11) is 0. The van der Waals surface area contributed by atoms with Gasteiger partial charge in [-0.25, -0.2) is 0 Å². The van der Waals surface area contributed by atoms with Crippen molar-refractivity contribution in [2.45, 2.75) is 50.7 Å². The zero-order chi connectivity index (χ0) is 20.2. The van der Waals surface area contributed by atoms with Gasteiger partial charge in [0.2, 0.25) is 0 Å². The van der Waals surface area contributed by atoms with Gasteiger partial charge in [0.05, 0.1) is 6.61 Å². The third-order valence-corrected chi connectivity index (χ3v) is 3.70. The number of nitrogens with one attached hydrogen (secondary N) is 1. The molecule has 148 valence electrons.